The molecule has 4 nitrogen and oxygen atoms in total. The zero-order valence-electron chi connectivity index (χ0n) is 10.8. The van der Waals surface area contributed by atoms with Crippen LogP contribution in [0.2, 0.25) is 0 Å². The van der Waals surface area contributed by atoms with Crippen molar-refractivity contribution in [1.82, 2.24) is 14.5 Å². The first-order chi connectivity index (χ1) is 8.50. The summed E-state index contributed by atoms with van der Waals surface area (Å²) in [5.41, 5.74) is 3.01. The van der Waals surface area contributed by atoms with Gasteiger partial charge in [0.1, 0.15) is 0 Å². The second kappa shape index (κ2) is 5.32. The van der Waals surface area contributed by atoms with Gasteiger partial charge in [-0.3, -0.25) is 4.21 Å². The Balaban J connectivity index is 2.34. The van der Waals surface area contributed by atoms with Crippen molar-refractivity contribution in [2.24, 2.45) is 0 Å². The summed E-state index contributed by atoms with van der Waals surface area (Å²) in [4.78, 5) is 7.56. The number of imidazole rings is 1. The predicted molar refractivity (Wildman–Crippen MR) is 77.8 cm³/mol. The summed E-state index contributed by atoms with van der Waals surface area (Å²) in [6, 6.07) is 1.96. The van der Waals surface area contributed by atoms with Crippen LogP contribution < -0.4 is 0 Å². The van der Waals surface area contributed by atoms with E-state index in [0.29, 0.717) is 4.77 Å². The lowest BCUT2D eigenvalue weighted by Crippen LogP contribution is -2.13. The minimum absolute atomic E-state index is 0.168. The maximum atomic E-state index is 11.4. The molecule has 0 radical (unpaired) electrons. The Kier molecular flexibility index (Phi) is 3.97. The summed E-state index contributed by atoms with van der Waals surface area (Å²) in [5, 5.41) is 0.168. The Morgan fingerprint density at radius 1 is 1.61 bits per heavy atom. The molecule has 0 bridgehead atoms. The van der Waals surface area contributed by atoms with Crippen LogP contribution in [0.1, 0.15) is 18.9 Å². The van der Waals surface area contributed by atoms with Crippen molar-refractivity contribution in [1.29, 1.82) is 0 Å². The second-order valence-electron chi connectivity index (χ2n) is 4.51. The number of rotatable bonds is 4. The lowest BCUT2D eigenvalue weighted by atomic mass is 10.3. The molecular weight excluding hydrogens is 266 g/mol. The molecule has 2 unspecified atom stereocenters. The molecule has 0 saturated carbocycles. The lowest BCUT2D eigenvalue weighted by Gasteiger charge is -2.09. The van der Waals surface area contributed by atoms with Gasteiger partial charge < -0.3 is 9.55 Å². The zero-order chi connectivity index (χ0) is 13.3. The normalized spacial score (nSPS) is 14.8. The molecule has 0 fully saturated rings. The molecule has 2 heterocycles. The fourth-order valence-electron chi connectivity index (χ4n) is 1.86. The van der Waals surface area contributed by atoms with Crippen LogP contribution in [0, 0.1) is 11.7 Å². The summed E-state index contributed by atoms with van der Waals surface area (Å²) in [7, 11) is -0.795. The molecular formula is C12H17N3OS2. The minimum Gasteiger partial charge on any atom is -0.329 e. The molecule has 2 rings (SSSR count). The van der Waals surface area contributed by atoms with Gasteiger partial charge in [-0.25, -0.2) is 4.98 Å². The van der Waals surface area contributed by atoms with E-state index in [1.165, 1.54) is 0 Å². The van der Waals surface area contributed by atoms with E-state index in [1.807, 2.05) is 24.5 Å². The van der Waals surface area contributed by atoms with E-state index in [9.17, 15) is 4.21 Å². The number of nitrogens with one attached hydrogen (secondary N) is 1. The van der Waals surface area contributed by atoms with Crippen LogP contribution in [-0.2, 0) is 17.3 Å². The Labute approximate surface area is 114 Å². The molecule has 18 heavy (non-hydrogen) atoms. The van der Waals surface area contributed by atoms with Gasteiger partial charge >= 0.3 is 0 Å². The number of aryl methyl sites for hydroxylation is 2. The van der Waals surface area contributed by atoms with Crippen molar-refractivity contribution in [2.45, 2.75) is 32.1 Å². The van der Waals surface area contributed by atoms with Crippen molar-refractivity contribution >= 4 is 34.2 Å². The van der Waals surface area contributed by atoms with E-state index in [2.05, 4.69) is 9.97 Å². The standard InChI is InChI=1S/C12H17N3OS2/c1-8-4-6-13-11-10(8)14-12(17)15(11)7-5-9(2)18(3)16/h4,6,9H,5,7H2,1-3H3,(H,14,17). The molecule has 0 aliphatic carbocycles. The molecule has 0 aliphatic rings. The van der Waals surface area contributed by atoms with Gasteiger partial charge in [-0.1, -0.05) is 6.92 Å². The Morgan fingerprint density at radius 2 is 2.33 bits per heavy atom. The van der Waals surface area contributed by atoms with Gasteiger partial charge in [0.05, 0.1) is 5.52 Å². The molecule has 0 saturated heterocycles. The first kappa shape index (κ1) is 13.4. The SMILES string of the molecule is Cc1ccnc2c1[nH]c(=S)n2CCC(C)S(C)=O. The first-order valence-corrected chi connectivity index (χ1v) is 7.90. The highest BCUT2D eigenvalue weighted by molar-refractivity contribution is 7.84. The summed E-state index contributed by atoms with van der Waals surface area (Å²) >= 11 is 5.32. The van der Waals surface area contributed by atoms with Gasteiger partial charge in [0.25, 0.3) is 0 Å². The van der Waals surface area contributed by atoms with E-state index < -0.39 is 10.8 Å². The smallest absolute Gasteiger partial charge is 0.179 e. The molecule has 0 aromatic carbocycles. The summed E-state index contributed by atoms with van der Waals surface area (Å²) in [5.74, 6) is 0. The maximum Gasteiger partial charge on any atom is 0.179 e. The summed E-state index contributed by atoms with van der Waals surface area (Å²) < 4.78 is 14.0. The Bertz CT molecular complexity index is 644. The molecule has 0 amide bonds. The number of hydrogen-bond acceptors (Lipinski definition) is 3. The zero-order valence-corrected chi connectivity index (χ0v) is 12.4. The molecule has 0 spiro atoms. The Morgan fingerprint density at radius 3 is 3.00 bits per heavy atom. The number of fused-ring (bicyclic) bond motifs is 1. The molecule has 1 N–H and O–H groups in total. The van der Waals surface area contributed by atoms with Crippen LogP contribution in [0.15, 0.2) is 12.3 Å². The number of nitrogens with zero attached hydrogens (tertiary/aromatic N) is 2. The van der Waals surface area contributed by atoms with E-state index in [-0.39, 0.29) is 5.25 Å². The highest BCUT2D eigenvalue weighted by Crippen LogP contribution is 2.16. The third kappa shape index (κ3) is 2.54. The van der Waals surface area contributed by atoms with Crippen LogP contribution >= 0.6 is 12.2 Å². The average molecular weight is 283 g/mol. The van der Waals surface area contributed by atoms with E-state index in [1.54, 1.807) is 12.5 Å². The third-order valence-corrected chi connectivity index (χ3v) is 4.89. The van der Waals surface area contributed by atoms with Crippen LogP contribution in [-0.4, -0.2) is 30.2 Å². The average Bonchev–Trinajstić information content (AvgIpc) is 2.64. The molecule has 2 aromatic rings. The minimum atomic E-state index is -0.795. The van der Waals surface area contributed by atoms with Crippen LogP contribution in [0.5, 0.6) is 0 Å². The van der Waals surface area contributed by atoms with Crippen molar-refractivity contribution in [2.75, 3.05) is 6.26 Å². The van der Waals surface area contributed by atoms with Gasteiger partial charge in [-0.2, -0.15) is 0 Å². The van der Waals surface area contributed by atoms with E-state index in [4.69, 9.17) is 12.2 Å². The first-order valence-electron chi connectivity index (χ1n) is 5.87. The molecule has 0 aliphatic heterocycles. The van der Waals surface area contributed by atoms with Crippen LogP contribution in [0.4, 0.5) is 0 Å². The third-order valence-electron chi connectivity index (χ3n) is 3.20. The number of aromatic nitrogens is 3. The number of pyridine rings is 1. The van der Waals surface area contributed by atoms with Crippen LogP contribution in [0.3, 0.4) is 0 Å². The Hall–Kier alpha value is -1.01. The predicted octanol–water partition coefficient (Wildman–Crippen LogP) is 2.56. The molecule has 2 aromatic heterocycles. The summed E-state index contributed by atoms with van der Waals surface area (Å²) in [6.45, 7) is 4.77. The van der Waals surface area contributed by atoms with E-state index in [0.717, 1.165) is 29.7 Å². The van der Waals surface area contributed by atoms with Crippen molar-refractivity contribution in [3.8, 4) is 0 Å². The van der Waals surface area contributed by atoms with Crippen molar-refractivity contribution in [3.63, 3.8) is 0 Å². The summed E-state index contributed by atoms with van der Waals surface area (Å²) in [6.07, 6.45) is 4.36. The van der Waals surface area contributed by atoms with Crippen LogP contribution in [0.25, 0.3) is 11.2 Å². The highest BCUT2D eigenvalue weighted by Gasteiger charge is 2.10. The monoisotopic (exact) mass is 283 g/mol. The van der Waals surface area contributed by atoms with Gasteiger partial charge in [0.2, 0.25) is 0 Å². The van der Waals surface area contributed by atoms with E-state index >= 15 is 0 Å². The highest BCUT2D eigenvalue weighted by atomic mass is 32.2. The van der Waals surface area contributed by atoms with Crippen molar-refractivity contribution < 1.29 is 4.21 Å². The van der Waals surface area contributed by atoms with Gasteiger partial charge in [0.15, 0.2) is 10.4 Å². The van der Waals surface area contributed by atoms with Gasteiger partial charge in [-0.15, -0.1) is 0 Å². The molecule has 2 atom stereocenters. The lowest BCUT2D eigenvalue weighted by molar-refractivity contribution is 0.622. The fourth-order valence-corrected chi connectivity index (χ4v) is 2.58. The fraction of sp³-hybridized carbons (Fsp3) is 0.500. The number of aromatic amines is 1. The van der Waals surface area contributed by atoms with Gasteiger partial charge in [0, 0.05) is 35.0 Å². The quantitative estimate of drug-likeness (QED) is 0.877. The molecule has 98 valence electrons. The van der Waals surface area contributed by atoms with Crippen molar-refractivity contribution in [3.05, 3.63) is 22.6 Å². The number of hydrogen-bond donors (Lipinski definition) is 1. The largest absolute Gasteiger partial charge is 0.329 e. The topological polar surface area (TPSA) is 50.7 Å². The second-order valence-corrected chi connectivity index (χ2v) is 6.69. The molecule has 6 heteroatoms. The van der Waals surface area contributed by atoms with Gasteiger partial charge in [-0.05, 0) is 37.2 Å². The number of H-pyrrole nitrogens is 1. The maximum absolute atomic E-state index is 11.4.